The van der Waals surface area contributed by atoms with Gasteiger partial charge in [-0.25, -0.2) is 8.42 Å². The summed E-state index contributed by atoms with van der Waals surface area (Å²) in [4.78, 5) is 0. The Morgan fingerprint density at radius 1 is 1.09 bits per heavy atom. The second-order valence-electron chi connectivity index (χ2n) is 9.01. The predicted octanol–water partition coefficient (Wildman–Crippen LogP) is 3.71. The normalized spacial score (nSPS) is 18.7. The molecule has 0 aliphatic carbocycles. The summed E-state index contributed by atoms with van der Waals surface area (Å²) in [6.07, 6.45) is 2.70. The van der Waals surface area contributed by atoms with Crippen molar-refractivity contribution in [3.63, 3.8) is 0 Å². The van der Waals surface area contributed by atoms with E-state index in [1.807, 2.05) is 54.6 Å². The lowest BCUT2D eigenvalue weighted by atomic mass is 9.98. The van der Waals surface area contributed by atoms with Crippen LogP contribution in [0.4, 0.5) is 5.69 Å². The number of sulfonamides is 1. The van der Waals surface area contributed by atoms with Gasteiger partial charge in [-0.2, -0.15) is 0 Å². The molecular formula is C26H30N4O3S. The van der Waals surface area contributed by atoms with Gasteiger partial charge in [0.1, 0.15) is 17.7 Å². The molecule has 0 radical (unpaired) electrons. The fourth-order valence-corrected chi connectivity index (χ4v) is 6.29. The highest BCUT2D eigenvalue weighted by atomic mass is 32.2. The monoisotopic (exact) mass is 478 g/mol. The van der Waals surface area contributed by atoms with Crippen molar-refractivity contribution in [3.8, 4) is 5.75 Å². The van der Waals surface area contributed by atoms with Crippen LogP contribution in [-0.4, -0.2) is 39.2 Å². The van der Waals surface area contributed by atoms with Crippen molar-refractivity contribution in [2.24, 2.45) is 5.73 Å². The lowest BCUT2D eigenvalue weighted by Crippen LogP contribution is -2.34. The van der Waals surface area contributed by atoms with E-state index in [0.29, 0.717) is 12.0 Å². The molecule has 2 aliphatic rings. The van der Waals surface area contributed by atoms with Crippen molar-refractivity contribution in [3.05, 3.63) is 71.3 Å². The molecule has 0 bridgehead atoms. The summed E-state index contributed by atoms with van der Waals surface area (Å²) in [7, 11) is -3.49. The zero-order valence-electron chi connectivity index (χ0n) is 19.3. The standard InChI is InChI=1S/C26H30N4O3S/c1-2-34(31,32)30-24-8-7-23(33-22-9-11-29-12-10-22)15-21(24)16-25(30)18-5-3-17-4-6-19(26(27)28)14-20(17)13-18/h3-8,13-15,22,25,29H,2,9-12,16H2,1H3,(H3,27,28)/t25-/m1/s1. The first-order chi connectivity index (χ1) is 16.4. The zero-order chi connectivity index (χ0) is 23.9. The number of fused-ring (bicyclic) bond motifs is 2. The van der Waals surface area contributed by atoms with E-state index in [2.05, 4.69) is 5.32 Å². The summed E-state index contributed by atoms with van der Waals surface area (Å²) in [6, 6.07) is 17.1. The lowest BCUT2D eigenvalue weighted by Gasteiger charge is -2.27. The molecule has 0 saturated carbocycles. The van der Waals surface area contributed by atoms with Crippen LogP contribution < -0.4 is 20.1 Å². The Morgan fingerprint density at radius 3 is 2.59 bits per heavy atom. The molecule has 8 heteroatoms. The first kappa shape index (κ1) is 22.7. The van der Waals surface area contributed by atoms with Crippen LogP contribution in [0, 0.1) is 5.41 Å². The molecule has 0 aromatic heterocycles. The highest BCUT2D eigenvalue weighted by Gasteiger charge is 2.38. The summed E-state index contributed by atoms with van der Waals surface area (Å²) < 4.78 is 34.2. The van der Waals surface area contributed by atoms with Crippen LogP contribution in [0.2, 0.25) is 0 Å². The number of amidine groups is 1. The molecule has 1 fully saturated rings. The first-order valence-electron chi connectivity index (χ1n) is 11.8. The molecule has 2 heterocycles. The fraction of sp³-hybridized carbons (Fsp3) is 0.346. The Morgan fingerprint density at radius 2 is 1.85 bits per heavy atom. The fourth-order valence-electron chi connectivity index (χ4n) is 4.95. The lowest BCUT2D eigenvalue weighted by molar-refractivity contribution is 0.162. The molecule has 4 N–H and O–H groups in total. The SMILES string of the molecule is CCS(=O)(=O)N1c2ccc(OC3CCNCC3)cc2C[C@@H]1c1ccc2ccc(C(=N)N)cc2c1. The largest absolute Gasteiger partial charge is 0.490 e. The Kier molecular flexibility index (Phi) is 5.95. The quantitative estimate of drug-likeness (QED) is 0.370. The van der Waals surface area contributed by atoms with Crippen molar-refractivity contribution >= 4 is 32.3 Å². The Labute approximate surface area is 200 Å². The van der Waals surface area contributed by atoms with Gasteiger partial charge >= 0.3 is 0 Å². The van der Waals surface area contributed by atoms with Crippen molar-refractivity contribution in [2.75, 3.05) is 23.1 Å². The van der Waals surface area contributed by atoms with E-state index in [1.165, 1.54) is 0 Å². The van der Waals surface area contributed by atoms with Gasteiger partial charge < -0.3 is 15.8 Å². The second-order valence-corrected chi connectivity index (χ2v) is 11.1. The van der Waals surface area contributed by atoms with Crippen LogP contribution >= 0.6 is 0 Å². The van der Waals surface area contributed by atoms with Crippen molar-refractivity contribution in [2.45, 2.75) is 38.3 Å². The average molecular weight is 479 g/mol. The number of benzene rings is 3. The van der Waals surface area contributed by atoms with Crippen LogP contribution in [0.3, 0.4) is 0 Å². The Hall–Kier alpha value is -3.10. The number of ether oxygens (including phenoxy) is 1. The molecule has 3 aromatic carbocycles. The molecule has 3 aromatic rings. The zero-order valence-corrected chi connectivity index (χ0v) is 20.1. The van der Waals surface area contributed by atoms with Gasteiger partial charge in [0.2, 0.25) is 10.0 Å². The summed E-state index contributed by atoms with van der Waals surface area (Å²) in [6.45, 7) is 3.58. The van der Waals surface area contributed by atoms with E-state index in [0.717, 1.165) is 59.3 Å². The molecule has 34 heavy (non-hydrogen) atoms. The number of nitrogen functional groups attached to an aromatic ring is 1. The summed E-state index contributed by atoms with van der Waals surface area (Å²) in [5, 5.41) is 13.0. The van der Waals surface area contributed by atoms with Crippen LogP contribution in [0.1, 0.15) is 42.5 Å². The maximum absolute atomic E-state index is 13.2. The average Bonchev–Trinajstić information content (AvgIpc) is 3.23. The second kappa shape index (κ2) is 8.92. The van der Waals surface area contributed by atoms with Crippen molar-refractivity contribution in [1.29, 1.82) is 5.41 Å². The smallest absolute Gasteiger partial charge is 0.235 e. The summed E-state index contributed by atoms with van der Waals surface area (Å²) >= 11 is 0. The van der Waals surface area contributed by atoms with Crippen LogP contribution in [0.5, 0.6) is 5.75 Å². The minimum Gasteiger partial charge on any atom is -0.490 e. The van der Waals surface area contributed by atoms with Gasteiger partial charge in [0, 0.05) is 12.0 Å². The Balaban J connectivity index is 1.52. The van der Waals surface area contributed by atoms with Crippen LogP contribution in [0.25, 0.3) is 10.8 Å². The van der Waals surface area contributed by atoms with Gasteiger partial charge in [-0.3, -0.25) is 9.71 Å². The van der Waals surface area contributed by atoms with E-state index in [1.54, 1.807) is 11.2 Å². The molecule has 7 nitrogen and oxygen atoms in total. The van der Waals surface area contributed by atoms with Gasteiger partial charge in [-0.05, 0) is 85.1 Å². The predicted molar refractivity (Wildman–Crippen MR) is 136 cm³/mol. The number of rotatable bonds is 6. The van der Waals surface area contributed by atoms with Gasteiger partial charge in [0.15, 0.2) is 0 Å². The number of piperidine rings is 1. The molecule has 0 amide bonds. The molecule has 178 valence electrons. The third-order valence-electron chi connectivity index (χ3n) is 6.80. The van der Waals surface area contributed by atoms with Gasteiger partial charge in [0.25, 0.3) is 0 Å². The third-order valence-corrected chi connectivity index (χ3v) is 8.58. The molecule has 5 rings (SSSR count). The highest BCUT2D eigenvalue weighted by molar-refractivity contribution is 7.92. The maximum atomic E-state index is 13.2. The summed E-state index contributed by atoms with van der Waals surface area (Å²) in [5.41, 5.74) is 8.95. The first-order valence-corrected chi connectivity index (χ1v) is 13.4. The Bertz CT molecular complexity index is 1350. The van der Waals surface area contributed by atoms with Crippen molar-refractivity contribution < 1.29 is 13.2 Å². The minimum atomic E-state index is -3.49. The number of nitrogens with two attached hydrogens (primary N) is 1. The molecule has 0 spiro atoms. The van der Waals surface area contributed by atoms with E-state index >= 15 is 0 Å². The topological polar surface area (TPSA) is 109 Å². The minimum absolute atomic E-state index is 0.0111. The number of nitrogens with zero attached hydrogens (tertiary/aromatic N) is 1. The number of nitrogens with one attached hydrogen (secondary N) is 2. The van der Waals surface area contributed by atoms with Crippen LogP contribution in [-0.2, 0) is 16.4 Å². The highest BCUT2D eigenvalue weighted by Crippen LogP contribution is 2.44. The van der Waals surface area contributed by atoms with E-state index < -0.39 is 10.0 Å². The molecule has 2 aliphatic heterocycles. The summed E-state index contributed by atoms with van der Waals surface area (Å²) in [5.74, 6) is 0.833. The van der Waals surface area contributed by atoms with Gasteiger partial charge in [0.05, 0.1) is 17.5 Å². The molecule has 0 unspecified atom stereocenters. The van der Waals surface area contributed by atoms with Gasteiger partial charge in [-0.1, -0.05) is 24.3 Å². The molecular weight excluding hydrogens is 448 g/mol. The van der Waals surface area contributed by atoms with E-state index in [9.17, 15) is 8.42 Å². The number of hydrogen-bond donors (Lipinski definition) is 3. The maximum Gasteiger partial charge on any atom is 0.235 e. The molecule has 1 saturated heterocycles. The van der Waals surface area contributed by atoms with E-state index in [-0.39, 0.29) is 23.7 Å². The molecule has 1 atom stereocenters. The van der Waals surface area contributed by atoms with Crippen LogP contribution in [0.15, 0.2) is 54.6 Å². The van der Waals surface area contributed by atoms with E-state index in [4.69, 9.17) is 15.9 Å². The third kappa shape index (κ3) is 4.23. The number of hydrogen-bond acceptors (Lipinski definition) is 5. The van der Waals surface area contributed by atoms with Gasteiger partial charge in [-0.15, -0.1) is 0 Å². The number of anilines is 1. The van der Waals surface area contributed by atoms with Crippen molar-refractivity contribution in [1.82, 2.24) is 5.32 Å².